The molecule has 2 aliphatic rings. The zero-order chi connectivity index (χ0) is 27.5. The number of likely N-dealkylation sites (tertiary alicyclic amines) is 1. The summed E-state index contributed by atoms with van der Waals surface area (Å²) < 4.78 is 1.04. The van der Waals surface area contributed by atoms with Crippen LogP contribution < -0.4 is 4.90 Å². The third kappa shape index (κ3) is 6.91. The lowest BCUT2D eigenvalue weighted by Gasteiger charge is -2.40. The fourth-order valence-electron chi connectivity index (χ4n) is 5.26. The van der Waals surface area contributed by atoms with Gasteiger partial charge in [0, 0.05) is 59.5 Å². The first-order chi connectivity index (χ1) is 18.8. The van der Waals surface area contributed by atoms with Gasteiger partial charge in [0.15, 0.2) is 5.78 Å². The van der Waals surface area contributed by atoms with Gasteiger partial charge in [-0.3, -0.25) is 19.4 Å². The fraction of sp³-hybridized carbons (Fsp3) is 0.519. The number of hydrogen-bond acceptors (Lipinski definition) is 10. The second-order valence-corrected chi connectivity index (χ2v) is 13.3. The van der Waals surface area contributed by atoms with Crippen LogP contribution in [0.4, 0.5) is 5.82 Å². The number of thiazole rings is 1. The van der Waals surface area contributed by atoms with Gasteiger partial charge in [-0.05, 0) is 55.2 Å². The molecule has 0 saturated carbocycles. The molecule has 3 aromatic rings. The fourth-order valence-corrected chi connectivity index (χ4v) is 7.87. The zero-order valence-corrected chi connectivity index (χ0v) is 25.4. The molecule has 3 aromatic heterocycles. The quantitative estimate of drug-likeness (QED) is 0.315. The Balaban J connectivity index is 1.25. The molecule has 9 nitrogen and oxygen atoms in total. The minimum atomic E-state index is -0.776. The lowest BCUT2D eigenvalue weighted by Crippen LogP contribution is -2.52. The number of Topliss-reactive ketones (excluding diaryl/α,β-unsaturated/α-hetero) is 1. The van der Waals surface area contributed by atoms with Crippen molar-refractivity contribution in [3.05, 3.63) is 43.9 Å². The molecule has 2 saturated heterocycles. The molecule has 5 heterocycles. The zero-order valence-electron chi connectivity index (χ0n) is 22.2. The molecule has 0 spiro atoms. The first kappa shape index (κ1) is 28.3. The number of carbonyl (C=O) groups is 2. The van der Waals surface area contributed by atoms with Crippen molar-refractivity contribution >= 4 is 56.2 Å². The maximum absolute atomic E-state index is 13.2. The molecule has 0 aliphatic carbocycles. The van der Waals surface area contributed by atoms with Crippen LogP contribution in [0.25, 0.3) is 10.6 Å². The van der Waals surface area contributed by atoms with Crippen LogP contribution in [-0.2, 0) is 17.8 Å². The Morgan fingerprint density at radius 2 is 1.97 bits per heavy atom. The summed E-state index contributed by atoms with van der Waals surface area (Å²) in [5, 5.41) is 11.8. The summed E-state index contributed by atoms with van der Waals surface area (Å²) in [5.74, 6) is -0.130. The molecule has 5 rings (SSSR count). The van der Waals surface area contributed by atoms with Gasteiger partial charge in [0.2, 0.25) is 0 Å². The van der Waals surface area contributed by atoms with E-state index in [9.17, 15) is 9.59 Å². The molecule has 1 N–H and O–H groups in total. The first-order valence-corrected chi connectivity index (χ1v) is 15.8. The number of nitrogens with zero attached hydrogens (tertiary/aromatic N) is 6. The van der Waals surface area contributed by atoms with Crippen LogP contribution >= 0.6 is 38.6 Å². The number of carboxylic acids is 1. The Hall–Kier alpha value is -2.25. The SMILES string of the molecule is C[C@@H]1CN(c2cnc(C(=O)Cc3nc(-c4cc(Br)cs4)c(CN4CCC[C@H]4C)s3)cn2)CCN1CCC(=O)O. The minimum Gasteiger partial charge on any atom is -0.481 e. The van der Waals surface area contributed by atoms with E-state index in [1.165, 1.54) is 17.7 Å². The number of hydrogen-bond donors (Lipinski definition) is 1. The molecule has 0 radical (unpaired) electrons. The van der Waals surface area contributed by atoms with Crippen LogP contribution in [0.15, 0.2) is 28.3 Å². The van der Waals surface area contributed by atoms with E-state index in [-0.39, 0.29) is 24.7 Å². The van der Waals surface area contributed by atoms with Gasteiger partial charge >= 0.3 is 5.97 Å². The highest BCUT2D eigenvalue weighted by Crippen LogP contribution is 2.36. The summed E-state index contributed by atoms with van der Waals surface area (Å²) in [5.41, 5.74) is 1.33. The molecule has 2 aliphatic heterocycles. The normalized spacial score (nSPS) is 20.5. The van der Waals surface area contributed by atoms with Crippen molar-refractivity contribution < 1.29 is 14.7 Å². The lowest BCUT2D eigenvalue weighted by atomic mass is 10.2. The summed E-state index contributed by atoms with van der Waals surface area (Å²) >= 11 is 6.85. The largest absolute Gasteiger partial charge is 0.481 e. The lowest BCUT2D eigenvalue weighted by molar-refractivity contribution is -0.137. The monoisotopic (exact) mass is 632 g/mol. The van der Waals surface area contributed by atoms with Gasteiger partial charge in [0.05, 0.1) is 35.8 Å². The van der Waals surface area contributed by atoms with Crippen molar-refractivity contribution in [1.82, 2.24) is 24.8 Å². The standard InChI is InChI=1S/C27H33BrN6O3S2/c1-17-4-3-6-33(17)15-23-27(22-10-19(28)16-38-22)31-25(39-23)11-21(35)20-12-30-24(13-29-20)34-9-8-32(18(2)14-34)7-5-26(36)37/h10,12-13,16-18H,3-9,11,14-15H2,1-2H3,(H,36,37)/t17-,18-/m1/s1. The predicted octanol–water partition coefficient (Wildman–Crippen LogP) is 4.82. The number of thiophene rings is 1. The van der Waals surface area contributed by atoms with Crippen LogP contribution in [0.2, 0.25) is 0 Å². The molecule has 39 heavy (non-hydrogen) atoms. The number of piperazine rings is 1. The number of aliphatic carboxylic acids is 1. The number of halogens is 1. The van der Waals surface area contributed by atoms with E-state index in [2.05, 4.69) is 65.9 Å². The van der Waals surface area contributed by atoms with E-state index in [1.807, 2.05) is 0 Å². The summed E-state index contributed by atoms with van der Waals surface area (Å²) in [4.78, 5) is 47.2. The van der Waals surface area contributed by atoms with Crippen molar-refractivity contribution in [3.63, 3.8) is 0 Å². The number of ketones is 1. The minimum absolute atomic E-state index is 0.0883. The molecule has 12 heteroatoms. The van der Waals surface area contributed by atoms with Crippen molar-refractivity contribution in [3.8, 4) is 10.6 Å². The van der Waals surface area contributed by atoms with Crippen LogP contribution in [0.5, 0.6) is 0 Å². The van der Waals surface area contributed by atoms with Gasteiger partial charge in [-0.1, -0.05) is 0 Å². The molecular weight excluding hydrogens is 600 g/mol. The number of carbonyl (C=O) groups excluding carboxylic acids is 1. The van der Waals surface area contributed by atoms with E-state index in [4.69, 9.17) is 10.1 Å². The molecular formula is C27H33BrN6O3S2. The molecule has 0 aromatic carbocycles. The molecule has 208 valence electrons. The number of rotatable bonds is 10. The second-order valence-electron chi connectivity index (χ2n) is 10.3. The van der Waals surface area contributed by atoms with Crippen LogP contribution in [0, 0.1) is 0 Å². The molecule has 0 bridgehead atoms. The average Bonchev–Trinajstić information content (AvgIpc) is 3.63. The Morgan fingerprint density at radius 1 is 1.13 bits per heavy atom. The third-order valence-corrected chi connectivity index (χ3v) is 10.3. The average molecular weight is 634 g/mol. The number of carboxylic acid groups (broad SMARTS) is 1. The van der Waals surface area contributed by atoms with E-state index in [0.717, 1.165) is 58.6 Å². The van der Waals surface area contributed by atoms with Crippen molar-refractivity contribution in [2.24, 2.45) is 0 Å². The van der Waals surface area contributed by atoms with Crippen molar-refractivity contribution in [1.29, 1.82) is 0 Å². The predicted molar refractivity (Wildman–Crippen MR) is 158 cm³/mol. The Bertz CT molecular complexity index is 1310. The van der Waals surface area contributed by atoms with Gasteiger partial charge in [0.1, 0.15) is 16.5 Å². The Labute approximate surface area is 245 Å². The van der Waals surface area contributed by atoms with Gasteiger partial charge in [0.25, 0.3) is 0 Å². The summed E-state index contributed by atoms with van der Waals surface area (Å²) in [6, 6.07) is 2.87. The summed E-state index contributed by atoms with van der Waals surface area (Å²) in [6.07, 6.45) is 6.02. The van der Waals surface area contributed by atoms with Gasteiger partial charge in [-0.15, -0.1) is 22.7 Å². The van der Waals surface area contributed by atoms with E-state index in [0.29, 0.717) is 18.3 Å². The maximum atomic E-state index is 13.2. The Morgan fingerprint density at radius 3 is 2.62 bits per heavy atom. The summed E-state index contributed by atoms with van der Waals surface area (Å²) in [7, 11) is 0. The Kier molecular flexibility index (Phi) is 9.07. The van der Waals surface area contributed by atoms with E-state index in [1.54, 1.807) is 35.1 Å². The second kappa shape index (κ2) is 12.5. The van der Waals surface area contributed by atoms with Crippen LogP contribution in [-0.4, -0.2) is 86.4 Å². The van der Waals surface area contributed by atoms with Crippen molar-refractivity contribution in [2.75, 3.05) is 37.6 Å². The molecule has 2 fully saturated rings. The highest BCUT2D eigenvalue weighted by Gasteiger charge is 2.26. The van der Waals surface area contributed by atoms with E-state index >= 15 is 0 Å². The van der Waals surface area contributed by atoms with Gasteiger partial charge < -0.3 is 10.0 Å². The highest BCUT2D eigenvalue weighted by molar-refractivity contribution is 9.10. The molecule has 0 amide bonds. The van der Waals surface area contributed by atoms with Crippen molar-refractivity contribution in [2.45, 2.75) is 58.2 Å². The molecule has 0 unspecified atom stereocenters. The highest BCUT2D eigenvalue weighted by atomic mass is 79.9. The van der Waals surface area contributed by atoms with Gasteiger partial charge in [-0.2, -0.15) is 0 Å². The topological polar surface area (TPSA) is 103 Å². The maximum Gasteiger partial charge on any atom is 0.304 e. The smallest absolute Gasteiger partial charge is 0.304 e. The van der Waals surface area contributed by atoms with E-state index < -0.39 is 5.97 Å². The van der Waals surface area contributed by atoms with Crippen LogP contribution in [0.1, 0.15) is 53.5 Å². The third-order valence-electron chi connectivity index (χ3n) is 7.52. The number of aromatic nitrogens is 3. The summed E-state index contributed by atoms with van der Waals surface area (Å²) in [6.45, 7) is 9.11. The van der Waals surface area contributed by atoms with Crippen LogP contribution in [0.3, 0.4) is 0 Å². The number of anilines is 1. The van der Waals surface area contributed by atoms with Gasteiger partial charge in [-0.25, -0.2) is 15.0 Å². The molecule has 2 atom stereocenters. The first-order valence-electron chi connectivity index (χ1n) is 13.3.